The van der Waals surface area contributed by atoms with E-state index in [1.165, 1.54) is 83.5 Å². The van der Waals surface area contributed by atoms with Gasteiger partial charge in [0.05, 0.1) is 0 Å². The number of unbranched alkanes of at least 4 members (excludes halogenated alkanes) is 14. The fourth-order valence-electron chi connectivity index (χ4n) is 3.84. The highest BCUT2D eigenvalue weighted by Crippen LogP contribution is 2.14. The normalized spacial score (nSPS) is 10.7. The highest BCUT2D eigenvalue weighted by Gasteiger charge is 2.08. The molecule has 0 aliphatic rings. The van der Waals surface area contributed by atoms with E-state index in [4.69, 9.17) is 5.11 Å². The molecule has 0 saturated carbocycles. The minimum absolute atomic E-state index is 0.0206. The predicted molar refractivity (Wildman–Crippen MR) is 135 cm³/mol. The van der Waals surface area contributed by atoms with E-state index < -0.39 is 18.4 Å². The quantitative estimate of drug-likeness (QED) is 0.189. The van der Waals surface area contributed by atoms with Gasteiger partial charge in [0.1, 0.15) is 6.54 Å². The van der Waals surface area contributed by atoms with Gasteiger partial charge in [-0.3, -0.25) is 14.4 Å². The molecule has 1 rings (SSSR count). The molecule has 33 heavy (non-hydrogen) atoms. The first-order valence-corrected chi connectivity index (χ1v) is 12.9. The van der Waals surface area contributed by atoms with Gasteiger partial charge >= 0.3 is 5.97 Å². The lowest BCUT2D eigenvalue weighted by molar-refractivity contribution is -0.135. The summed E-state index contributed by atoms with van der Waals surface area (Å²) in [5.41, 5.74) is 0.993. The van der Waals surface area contributed by atoms with Crippen molar-refractivity contribution in [1.29, 1.82) is 0 Å². The Morgan fingerprint density at radius 3 is 1.61 bits per heavy atom. The number of rotatable bonds is 20. The van der Waals surface area contributed by atoms with Gasteiger partial charge in [-0.05, 0) is 30.7 Å². The number of carboxylic acids is 1. The molecule has 6 heteroatoms. The molecule has 0 fully saturated rings. The van der Waals surface area contributed by atoms with Crippen molar-refractivity contribution < 1.29 is 19.5 Å². The Labute approximate surface area is 199 Å². The van der Waals surface area contributed by atoms with E-state index >= 15 is 0 Å². The van der Waals surface area contributed by atoms with Gasteiger partial charge in [0, 0.05) is 17.7 Å². The van der Waals surface area contributed by atoms with E-state index in [-0.39, 0.29) is 5.91 Å². The van der Waals surface area contributed by atoms with Crippen molar-refractivity contribution in [2.24, 2.45) is 0 Å². The minimum atomic E-state index is -1.09. The van der Waals surface area contributed by atoms with Gasteiger partial charge in [-0.25, -0.2) is 0 Å². The Balaban J connectivity index is 1.98. The number of anilines is 1. The second-order valence-electron chi connectivity index (χ2n) is 8.90. The number of carboxylic acid groups (broad SMARTS) is 1. The third-order valence-electron chi connectivity index (χ3n) is 5.84. The van der Waals surface area contributed by atoms with Crippen LogP contribution in [0.5, 0.6) is 0 Å². The van der Waals surface area contributed by atoms with Crippen molar-refractivity contribution in [3.05, 3.63) is 29.8 Å². The monoisotopic (exact) mass is 460 g/mol. The van der Waals surface area contributed by atoms with Crippen LogP contribution in [-0.4, -0.2) is 29.4 Å². The lowest BCUT2D eigenvalue weighted by Gasteiger charge is -2.07. The lowest BCUT2D eigenvalue weighted by Crippen LogP contribution is -2.29. The molecular formula is C27H44N2O4. The molecule has 0 heterocycles. The van der Waals surface area contributed by atoms with Gasteiger partial charge in [-0.2, -0.15) is 0 Å². The molecule has 2 amide bonds. The van der Waals surface area contributed by atoms with Crippen molar-refractivity contribution >= 4 is 23.5 Å². The molecule has 0 aliphatic carbocycles. The fourth-order valence-corrected chi connectivity index (χ4v) is 3.84. The summed E-state index contributed by atoms with van der Waals surface area (Å²) in [7, 11) is 0. The lowest BCUT2D eigenvalue weighted by atomic mass is 10.0. The van der Waals surface area contributed by atoms with Crippen molar-refractivity contribution in [1.82, 2.24) is 5.32 Å². The summed E-state index contributed by atoms with van der Waals surface area (Å²) in [5.74, 6) is -1.56. The molecule has 186 valence electrons. The molecule has 0 aliphatic heterocycles. The summed E-state index contributed by atoms with van der Waals surface area (Å²) in [4.78, 5) is 34.4. The van der Waals surface area contributed by atoms with Crippen LogP contribution in [0, 0.1) is 0 Å². The van der Waals surface area contributed by atoms with Crippen LogP contribution >= 0.6 is 0 Å². The first kappa shape index (κ1) is 28.7. The van der Waals surface area contributed by atoms with Crippen molar-refractivity contribution in [2.75, 3.05) is 11.9 Å². The molecule has 6 nitrogen and oxygen atoms in total. The first-order valence-electron chi connectivity index (χ1n) is 12.9. The summed E-state index contributed by atoms with van der Waals surface area (Å²) < 4.78 is 0. The van der Waals surface area contributed by atoms with E-state index in [0.717, 1.165) is 12.8 Å². The van der Waals surface area contributed by atoms with E-state index in [9.17, 15) is 14.4 Å². The van der Waals surface area contributed by atoms with E-state index in [1.807, 2.05) is 0 Å². The summed E-state index contributed by atoms with van der Waals surface area (Å²) in [6.07, 6.45) is 20.0. The van der Waals surface area contributed by atoms with Gasteiger partial charge in [0.25, 0.3) is 5.91 Å². The minimum Gasteiger partial charge on any atom is -0.480 e. The van der Waals surface area contributed by atoms with Gasteiger partial charge in [0.2, 0.25) is 5.91 Å². The number of hydrogen-bond acceptors (Lipinski definition) is 3. The van der Waals surface area contributed by atoms with Gasteiger partial charge in [0.15, 0.2) is 0 Å². The highest BCUT2D eigenvalue weighted by atomic mass is 16.4. The summed E-state index contributed by atoms with van der Waals surface area (Å²) in [5, 5.41) is 13.7. The topological polar surface area (TPSA) is 95.5 Å². The molecule has 0 spiro atoms. The molecule has 1 aromatic rings. The second-order valence-corrected chi connectivity index (χ2v) is 8.90. The summed E-state index contributed by atoms with van der Waals surface area (Å²) in [6, 6.07) is 6.45. The maximum atomic E-state index is 12.1. The van der Waals surface area contributed by atoms with E-state index in [2.05, 4.69) is 17.6 Å². The molecule has 0 saturated heterocycles. The van der Waals surface area contributed by atoms with Crippen LogP contribution in [-0.2, 0) is 9.59 Å². The number of carbonyl (C=O) groups is 3. The van der Waals surface area contributed by atoms with Crippen LogP contribution < -0.4 is 10.6 Å². The van der Waals surface area contributed by atoms with Gasteiger partial charge in [-0.15, -0.1) is 0 Å². The van der Waals surface area contributed by atoms with E-state index in [1.54, 1.807) is 24.3 Å². The maximum absolute atomic E-state index is 12.1. The number of hydrogen-bond donors (Lipinski definition) is 3. The second kappa shape index (κ2) is 19.1. The fraction of sp³-hybridized carbons (Fsp3) is 0.667. The summed E-state index contributed by atoms with van der Waals surface area (Å²) >= 11 is 0. The largest absolute Gasteiger partial charge is 0.480 e. The average molecular weight is 461 g/mol. The van der Waals surface area contributed by atoms with Crippen LogP contribution in [0.2, 0.25) is 0 Å². The number of nitrogens with one attached hydrogen (secondary N) is 2. The molecular weight excluding hydrogens is 416 g/mol. The number of aliphatic carboxylic acids is 1. The van der Waals surface area contributed by atoms with Crippen molar-refractivity contribution in [2.45, 2.75) is 110 Å². The third kappa shape index (κ3) is 16.0. The van der Waals surface area contributed by atoms with Crippen molar-refractivity contribution in [3.63, 3.8) is 0 Å². The van der Waals surface area contributed by atoms with Crippen LogP contribution in [0.4, 0.5) is 5.69 Å². The van der Waals surface area contributed by atoms with E-state index in [0.29, 0.717) is 17.7 Å². The number of benzene rings is 1. The number of carbonyl (C=O) groups excluding carboxylic acids is 2. The Morgan fingerprint density at radius 2 is 1.15 bits per heavy atom. The van der Waals surface area contributed by atoms with Gasteiger partial charge in [-0.1, -0.05) is 96.8 Å². The molecule has 0 atom stereocenters. The van der Waals surface area contributed by atoms with Gasteiger partial charge < -0.3 is 15.7 Å². The Morgan fingerprint density at radius 1 is 0.697 bits per heavy atom. The van der Waals surface area contributed by atoms with Crippen LogP contribution in [0.1, 0.15) is 120 Å². The van der Waals surface area contributed by atoms with Crippen LogP contribution in [0.3, 0.4) is 0 Å². The average Bonchev–Trinajstić information content (AvgIpc) is 2.80. The molecule has 0 aromatic heterocycles. The zero-order valence-electron chi connectivity index (χ0n) is 20.5. The molecule has 1 aromatic carbocycles. The Bertz CT molecular complexity index is 673. The Kier molecular flexibility index (Phi) is 16.6. The summed E-state index contributed by atoms with van der Waals surface area (Å²) in [6.45, 7) is 1.84. The van der Waals surface area contributed by atoms with Crippen LogP contribution in [0.15, 0.2) is 24.3 Å². The smallest absolute Gasteiger partial charge is 0.322 e. The Hall–Kier alpha value is -2.37. The SMILES string of the molecule is CCCCCCCCCCCCCCCCCC(=O)Nc1ccc(C(=O)NCC(=O)O)cc1. The molecule has 0 unspecified atom stereocenters. The van der Waals surface area contributed by atoms with Crippen LogP contribution in [0.25, 0.3) is 0 Å². The standard InChI is InChI=1S/C27H44N2O4/c1-2-3-4-5-6-7-8-9-10-11-12-13-14-15-16-17-25(30)29-24-20-18-23(19-21-24)27(33)28-22-26(31)32/h18-21H,2-17,22H2,1H3,(H,28,33)(H,29,30)(H,31,32). The number of amides is 2. The molecule has 3 N–H and O–H groups in total. The zero-order chi connectivity index (χ0) is 24.2. The first-order chi connectivity index (χ1) is 16.0. The predicted octanol–water partition coefficient (Wildman–Crippen LogP) is 6.70. The maximum Gasteiger partial charge on any atom is 0.322 e. The highest BCUT2D eigenvalue weighted by molar-refractivity contribution is 5.97. The molecule has 0 bridgehead atoms. The van der Waals surface area contributed by atoms with Crippen molar-refractivity contribution in [3.8, 4) is 0 Å². The third-order valence-corrected chi connectivity index (χ3v) is 5.84. The molecule has 0 radical (unpaired) electrons. The zero-order valence-corrected chi connectivity index (χ0v) is 20.5.